The van der Waals surface area contributed by atoms with E-state index in [9.17, 15) is 23.6 Å². The normalized spacial score (nSPS) is 23.8. The van der Waals surface area contributed by atoms with E-state index < -0.39 is 42.1 Å². The molecule has 3 aliphatic heterocycles. The number of likely N-dealkylation sites (tertiary alicyclic amines) is 1. The fraction of sp³-hybridized carbons (Fsp3) is 0.442. The minimum atomic E-state index is -3.12. The van der Waals surface area contributed by atoms with E-state index in [1.54, 1.807) is 53.6 Å². The molecule has 4 fully saturated rings. The molecule has 2 atom stereocenters. The summed E-state index contributed by atoms with van der Waals surface area (Å²) >= 11 is 0. The zero-order valence-electron chi connectivity index (χ0n) is 32.9. The lowest BCUT2D eigenvalue weighted by Gasteiger charge is -2.46. The Kier molecular flexibility index (Phi) is 11.9. The van der Waals surface area contributed by atoms with Gasteiger partial charge in [-0.1, -0.05) is 18.2 Å². The Morgan fingerprint density at radius 1 is 0.817 bits per heavy atom. The van der Waals surface area contributed by atoms with Crippen molar-refractivity contribution >= 4 is 35.0 Å². The van der Waals surface area contributed by atoms with E-state index in [2.05, 4.69) is 36.2 Å². The fourth-order valence-corrected chi connectivity index (χ4v) is 8.95. The molecule has 3 saturated heterocycles. The van der Waals surface area contributed by atoms with Gasteiger partial charge in [-0.3, -0.25) is 29.4 Å². The Labute approximate surface area is 343 Å². The van der Waals surface area contributed by atoms with Crippen molar-refractivity contribution in [3.63, 3.8) is 0 Å². The molecule has 2 unspecified atom stereocenters. The number of benzene rings is 2. The standard InChI is InChI=1S/C43H47F4N9O4/c44-32-22-30(50-34-11-13-37(57)53-41(34)60)10-12-35(32)56-20-16-36(43(46,47)24-56)55-18-14-25(15-19-55)39(58)51-28-6-8-29(9-7-28)52-42-49-23-33(45)38(54-42)27-4-1-3-26(21-27)31-5-2-17-48-40(31)59/h1-5,10,12,17,21-23,25,28-29,34,36,50H,6-9,11,13-16,18-20,24H2,(H,48,59)(H,51,58)(H,49,52,54)(H,53,57,60). The lowest BCUT2D eigenvalue weighted by Crippen LogP contribution is -2.60. The summed E-state index contributed by atoms with van der Waals surface area (Å²) in [5, 5.41) is 11.7. The summed E-state index contributed by atoms with van der Waals surface area (Å²) in [6, 6.07) is 12.8. The van der Waals surface area contributed by atoms with Crippen LogP contribution >= 0.6 is 0 Å². The number of pyridine rings is 1. The van der Waals surface area contributed by atoms with Gasteiger partial charge in [0.05, 0.1) is 24.5 Å². The van der Waals surface area contributed by atoms with E-state index in [-0.39, 0.29) is 78.5 Å². The average Bonchev–Trinajstić information content (AvgIpc) is 3.23. The molecule has 316 valence electrons. The lowest BCUT2D eigenvalue weighted by atomic mass is 9.89. The molecule has 8 rings (SSSR count). The molecule has 13 nitrogen and oxygen atoms in total. The first kappa shape index (κ1) is 40.9. The lowest BCUT2D eigenvalue weighted by molar-refractivity contribution is -0.134. The molecule has 0 radical (unpaired) electrons. The molecule has 17 heteroatoms. The quantitative estimate of drug-likeness (QED) is 0.103. The summed E-state index contributed by atoms with van der Waals surface area (Å²) < 4.78 is 61.6. The number of anilines is 3. The van der Waals surface area contributed by atoms with Crippen LogP contribution in [0.5, 0.6) is 0 Å². The number of nitrogens with zero attached hydrogens (tertiary/aromatic N) is 4. The van der Waals surface area contributed by atoms with Crippen molar-refractivity contribution in [3.05, 3.63) is 89.0 Å². The van der Waals surface area contributed by atoms with Crippen molar-refractivity contribution in [1.29, 1.82) is 0 Å². The third-order valence-corrected chi connectivity index (χ3v) is 12.2. The molecular formula is C43H47F4N9O4. The van der Waals surface area contributed by atoms with Gasteiger partial charge < -0.3 is 25.8 Å². The second-order valence-corrected chi connectivity index (χ2v) is 16.2. The van der Waals surface area contributed by atoms with Gasteiger partial charge in [-0.15, -0.1) is 0 Å². The topological polar surface area (TPSA) is 164 Å². The summed E-state index contributed by atoms with van der Waals surface area (Å²) in [5.74, 6) is -5.30. The predicted molar refractivity (Wildman–Crippen MR) is 217 cm³/mol. The summed E-state index contributed by atoms with van der Waals surface area (Å²) in [6.07, 6.45) is 7.06. The number of rotatable bonds is 10. The number of aromatic amines is 1. The number of H-pyrrole nitrogens is 1. The molecule has 0 bridgehead atoms. The van der Waals surface area contributed by atoms with Gasteiger partial charge in [0.25, 0.3) is 11.5 Å². The van der Waals surface area contributed by atoms with Crippen LogP contribution in [0.2, 0.25) is 0 Å². The highest BCUT2D eigenvalue weighted by atomic mass is 19.3. The summed E-state index contributed by atoms with van der Waals surface area (Å²) in [7, 11) is 0. The van der Waals surface area contributed by atoms with Crippen molar-refractivity contribution in [2.24, 2.45) is 5.92 Å². The van der Waals surface area contributed by atoms with Crippen LogP contribution in [0.15, 0.2) is 71.8 Å². The maximum absolute atomic E-state index is 15.7. The van der Waals surface area contributed by atoms with E-state index in [1.807, 2.05) is 0 Å². The number of hydrogen-bond acceptors (Lipinski definition) is 10. The number of piperidine rings is 3. The molecule has 1 saturated carbocycles. The second kappa shape index (κ2) is 17.4. The molecule has 1 aliphatic carbocycles. The second-order valence-electron chi connectivity index (χ2n) is 16.2. The van der Waals surface area contributed by atoms with Gasteiger partial charge in [0, 0.05) is 54.0 Å². The van der Waals surface area contributed by atoms with Gasteiger partial charge in [-0.25, -0.2) is 27.5 Å². The van der Waals surface area contributed by atoms with Crippen LogP contribution in [0.3, 0.4) is 0 Å². The highest BCUT2D eigenvalue weighted by Crippen LogP contribution is 2.37. The first-order valence-electron chi connectivity index (χ1n) is 20.5. The van der Waals surface area contributed by atoms with Crippen LogP contribution in [0, 0.1) is 17.6 Å². The highest BCUT2D eigenvalue weighted by Gasteiger charge is 2.48. The predicted octanol–water partition coefficient (Wildman–Crippen LogP) is 5.46. The van der Waals surface area contributed by atoms with E-state index >= 15 is 13.2 Å². The smallest absolute Gasteiger partial charge is 0.280 e. The van der Waals surface area contributed by atoms with Gasteiger partial charge in [0.2, 0.25) is 23.7 Å². The zero-order valence-corrected chi connectivity index (χ0v) is 32.9. The average molecular weight is 830 g/mol. The van der Waals surface area contributed by atoms with Gasteiger partial charge in [0.15, 0.2) is 5.82 Å². The Hall–Kier alpha value is -5.84. The van der Waals surface area contributed by atoms with Crippen molar-refractivity contribution < 1.29 is 31.9 Å². The van der Waals surface area contributed by atoms with E-state index in [1.165, 1.54) is 17.0 Å². The molecule has 3 amide bonds. The third-order valence-electron chi connectivity index (χ3n) is 12.2. The molecule has 0 spiro atoms. The molecule has 2 aromatic carbocycles. The van der Waals surface area contributed by atoms with E-state index in [0.29, 0.717) is 61.2 Å². The number of imide groups is 1. The Morgan fingerprint density at radius 2 is 1.58 bits per heavy atom. The van der Waals surface area contributed by atoms with Crippen LogP contribution < -0.4 is 31.7 Å². The molecule has 5 N–H and O–H groups in total. The number of amides is 3. The van der Waals surface area contributed by atoms with Crippen LogP contribution in [0.1, 0.15) is 57.8 Å². The Bertz CT molecular complexity index is 2290. The minimum Gasteiger partial charge on any atom is -0.374 e. The summed E-state index contributed by atoms with van der Waals surface area (Å²) in [5.41, 5.74) is 1.84. The van der Waals surface area contributed by atoms with Crippen molar-refractivity contribution in [1.82, 2.24) is 30.5 Å². The monoisotopic (exact) mass is 829 g/mol. The maximum atomic E-state index is 15.7. The fourth-order valence-electron chi connectivity index (χ4n) is 8.95. The Morgan fingerprint density at radius 3 is 2.32 bits per heavy atom. The van der Waals surface area contributed by atoms with Gasteiger partial charge in [-0.05, 0) is 106 Å². The van der Waals surface area contributed by atoms with Crippen LogP contribution in [0.25, 0.3) is 22.4 Å². The molecule has 60 heavy (non-hydrogen) atoms. The molecule has 4 aliphatic rings. The first-order chi connectivity index (χ1) is 28.9. The third kappa shape index (κ3) is 9.15. The minimum absolute atomic E-state index is 0.0138. The van der Waals surface area contributed by atoms with Crippen LogP contribution in [0.4, 0.5) is 34.9 Å². The molecular weight excluding hydrogens is 783 g/mol. The van der Waals surface area contributed by atoms with Gasteiger partial charge in [-0.2, -0.15) is 0 Å². The largest absolute Gasteiger partial charge is 0.374 e. The number of halogens is 4. The molecule has 2 aromatic heterocycles. The maximum Gasteiger partial charge on any atom is 0.280 e. The first-order valence-corrected chi connectivity index (χ1v) is 20.5. The summed E-state index contributed by atoms with van der Waals surface area (Å²) in [6.45, 7) is 0.305. The number of hydrogen-bond donors (Lipinski definition) is 5. The molecule has 5 heterocycles. The van der Waals surface area contributed by atoms with Crippen molar-refractivity contribution in [2.45, 2.75) is 87.9 Å². The number of nitrogens with one attached hydrogen (secondary N) is 5. The van der Waals surface area contributed by atoms with E-state index in [4.69, 9.17) is 0 Å². The number of aromatic nitrogens is 3. The number of carbonyl (C=O) groups is 3. The molecule has 4 aromatic rings. The SMILES string of the molecule is O=C1CCC(Nc2ccc(N3CCC(N4CCC(C(=O)NC5CCC(Nc6ncc(F)c(-c7cccc(-c8ccc[nH]c8=O)c7)n6)CC5)CC4)C(F)(F)C3)c(F)c2)C(=O)N1. The summed E-state index contributed by atoms with van der Waals surface area (Å²) in [4.78, 5) is 63.6. The number of carbonyl (C=O) groups excluding carboxylic acids is 3. The van der Waals surface area contributed by atoms with Gasteiger partial charge in [0.1, 0.15) is 17.6 Å². The van der Waals surface area contributed by atoms with E-state index in [0.717, 1.165) is 19.0 Å². The van der Waals surface area contributed by atoms with Crippen LogP contribution in [-0.2, 0) is 14.4 Å². The zero-order chi connectivity index (χ0) is 42.0. The van der Waals surface area contributed by atoms with Gasteiger partial charge >= 0.3 is 0 Å². The highest BCUT2D eigenvalue weighted by molar-refractivity contribution is 6.01. The van der Waals surface area contributed by atoms with Crippen LogP contribution in [-0.4, -0.2) is 93.8 Å². The van der Waals surface area contributed by atoms with Crippen molar-refractivity contribution in [3.8, 4) is 22.4 Å². The van der Waals surface area contributed by atoms with Crippen molar-refractivity contribution in [2.75, 3.05) is 41.7 Å². The Balaban J connectivity index is 0.785. The number of alkyl halides is 2.